The van der Waals surface area contributed by atoms with E-state index in [2.05, 4.69) is 0 Å². The molecular formula is C27H26O6S. The van der Waals surface area contributed by atoms with Gasteiger partial charge in [-0.3, -0.25) is 0 Å². The number of hydrogen-bond acceptors (Lipinski definition) is 7. The van der Waals surface area contributed by atoms with Gasteiger partial charge in [0.05, 0.1) is 7.11 Å². The molecular weight excluding hydrogens is 452 g/mol. The Hall–Kier alpha value is -3.19. The van der Waals surface area contributed by atoms with Gasteiger partial charge < -0.3 is 18.3 Å². The molecule has 0 amide bonds. The molecule has 0 bridgehead atoms. The summed E-state index contributed by atoms with van der Waals surface area (Å²) >= 11 is 1.89. The van der Waals surface area contributed by atoms with Crippen LogP contribution in [0.1, 0.15) is 53.8 Å². The van der Waals surface area contributed by atoms with Crippen molar-refractivity contribution in [3.05, 3.63) is 75.8 Å². The standard InChI is InChI=1S/C27H26O6S/c1-30-18-11-12-20-17(13-25(28)32-24(20)14-18)15-31-27(29)26-22(16-34-19-7-3-2-4-8-19)21-9-5-6-10-23(21)33-26/h5-6,9-14,19H,2-4,7-8,15-16H2,1H3. The van der Waals surface area contributed by atoms with Crippen LogP contribution in [-0.2, 0) is 17.1 Å². The summed E-state index contributed by atoms with van der Waals surface area (Å²) < 4.78 is 22.1. The number of methoxy groups -OCH3 is 1. The van der Waals surface area contributed by atoms with Crippen LogP contribution >= 0.6 is 11.8 Å². The van der Waals surface area contributed by atoms with Gasteiger partial charge in [-0.05, 0) is 31.0 Å². The second-order valence-electron chi connectivity index (χ2n) is 8.51. The fourth-order valence-corrected chi connectivity index (χ4v) is 5.86. The van der Waals surface area contributed by atoms with E-state index < -0.39 is 11.6 Å². The number of hydrogen-bond donors (Lipinski definition) is 0. The highest BCUT2D eigenvalue weighted by Gasteiger charge is 2.24. The van der Waals surface area contributed by atoms with Crippen molar-refractivity contribution in [1.82, 2.24) is 0 Å². The maximum atomic E-state index is 13.1. The number of rotatable bonds is 7. The highest BCUT2D eigenvalue weighted by atomic mass is 32.2. The molecule has 0 aliphatic heterocycles. The number of ether oxygens (including phenoxy) is 2. The van der Waals surface area contributed by atoms with E-state index in [4.69, 9.17) is 18.3 Å². The topological polar surface area (TPSA) is 78.9 Å². The molecule has 4 aromatic rings. The summed E-state index contributed by atoms with van der Waals surface area (Å²) in [5.41, 5.74) is 1.98. The maximum absolute atomic E-state index is 13.1. The van der Waals surface area contributed by atoms with Gasteiger partial charge in [0.25, 0.3) is 0 Å². The van der Waals surface area contributed by atoms with Crippen LogP contribution in [-0.4, -0.2) is 18.3 Å². The third kappa shape index (κ3) is 4.71. The van der Waals surface area contributed by atoms with E-state index in [1.807, 2.05) is 36.0 Å². The normalized spacial score (nSPS) is 14.5. The van der Waals surface area contributed by atoms with Crippen molar-refractivity contribution in [3.8, 4) is 5.75 Å². The largest absolute Gasteiger partial charge is 0.497 e. The summed E-state index contributed by atoms with van der Waals surface area (Å²) in [4.78, 5) is 25.2. The van der Waals surface area contributed by atoms with E-state index in [1.54, 1.807) is 25.3 Å². The van der Waals surface area contributed by atoms with Gasteiger partial charge in [-0.25, -0.2) is 9.59 Å². The molecule has 5 rings (SSSR count). The van der Waals surface area contributed by atoms with Crippen LogP contribution in [0.15, 0.2) is 62.2 Å². The van der Waals surface area contributed by atoms with E-state index in [-0.39, 0.29) is 12.4 Å². The predicted molar refractivity (Wildman–Crippen MR) is 133 cm³/mol. The van der Waals surface area contributed by atoms with Crippen LogP contribution in [0.2, 0.25) is 0 Å². The summed E-state index contributed by atoms with van der Waals surface area (Å²) in [6.45, 7) is -0.0699. The minimum atomic E-state index is -0.537. The molecule has 0 saturated heterocycles. The van der Waals surface area contributed by atoms with Crippen LogP contribution in [0.4, 0.5) is 0 Å². The predicted octanol–water partition coefficient (Wildman–Crippen LogP) is 6.47. The highest BCUT2D eigenvalue weighted by molar-refractivity contribution is 7.99. The number of thioether (sulfide) groups is 1. The Morgan fingerprint density at radius 2 is 1.82 bits per heavy atom. The van der Waals surface area contributed by atoms with Gasteiger partial charge in [0.2, 0.25) is 5.76 Å². The van der Waals surface area contributed by atoms with Crippen LogP contribution in [0.5, 0.6) is 5.75 Å². The number of furan rings is 1. The molecule has 0 N–H and O–H groups in total. The van der Waals surface area contributed by atoms with Crippen molar-refractivity contribution in [1.29, 1.82) is 0 Å². The third-order valence-corrected chi connectivity index (χ3v) is 7.69. The Bertz CT molecular complexity index is 1380. The fraction of sp³-hybridized carbons (Fsp3) is 0.333. The Balaban J connectivity index is 1.39. The molecule has 1 aliphatic carbocycles. The molecule has 7 heteroatoms. The molecule has 1 aliphatic rings. The molecule has 2 aromatic carbocycles. The molecule has 0 spiro atoms. The second-order valence-corrected chi connectivity index (χ2v) is 9.79. The molecule has 34 heavy (non-hydrogen) atoms. The molecule has 1 fully saturated rings. The Kier molecular flexibility index (Phi) is 6.63. The van der Waals surface area contributed by atoms with Crippen LogP contribution in [0.3, 0.4) is 0 Å². The Labute approximate surface area is 201 Å². The van der Waals surface area contributed by atoms with Gasteiger partial charge in [-0.1, -0.05) is 37.5 Å². The van der Waals surface area contributed by atoms with Crippen LogP contribution in [0.25, 0.3) is 21.9 Å². The maximum Gasteiger partial charge on any atom is 0.374 e. The first kappa shape index (κ1) is 22.6. The lowest BCUT2D eigenvalue weighted by molar-refractivity contribution is 0.0438. The van der Waals surface area contributed by atoms with E-state index in [9.17, 15) is 9.59 Å². The monoisotopic (exact) mass is 478 g/mol. The smallest absolute Gasteiger partial charge is 0.374 e. The van der Waals surface area contributed by atoms with Gasteiger partial charge in [0.1, 0.15) is 23.5 Å². The summed E-state index contributed by atoms with van der Waals surface area (Å²) in [5.74, 6) is 0.972. The van der Waals surface area contributed by atoms with Crippen molar-refractivity contribution < 1.29 is 23.1 Å². The molecule has 0 atom stereocenters. The molecule has 2 heterocycles. The summed E-state index contributed by atoms with van der Waals surface area (Å²) in [7, 11) is 1.54. The highest BCUT2D eigenvalue weighted by Crippen LogP contribution is 2.35. The van der Waals surface area contributed by atoms with Crippen molar-refractivity contribution in [2.24, 2.45) is 0 Å². The zero-order chi connectivity index (χ0) is 23.5. The van der Waals surface area contributed by atoms with Crippen molar-refractivity contribution in [2.45, 2.75) is 49.7 Å². The molecule has 176 valence electrons. The summed E-state index contributed by atoms with van der Waals surface area (Å²) in [6.07, 6.45) is 6.28. The first-order chi connectivity index (χ1) is 16.6. The Morgan fingerprint density at radius 1 is 1.00 bits per heavy atom. The second kappa shape index (κ2) is 9.97. The molecule has 0 unspecified atom stereocenters. The number of para-hydroxylation sites is 1. The van der Waals surface area contributed by atoms with Crippen LogP contribution in [0, 0.1) is 0 Å². The van der Waals surface area contributed by atoms with Gasteiger partial charge in [0, 0.05) is 45.0 Å². The Morgan fingerprint density at radius 3 is 2.65 bits per heavy atom. The lowest BCUT2D eigenvalue weighted by atomic mass is 10.0. The van der Waals surface area contributed by atoms with Gasteiger partial charge >= 0.3 is 11.6 Å². The molecule has 1 saturated carbocycles. The zero-order valence-electron chi connectivity index (χ0n) is 19.0. The average molecular weight is 479 g/mol. The average Bonchev–Trinajstić information content (AvgIpc) is 3.24. The quantitative estimate of drug-likeness (QED) is 0.222. The molecule has 2 aromatic heterocycles. The van der Waals surface area contributed by atoms with Crippen molar-refractivity contribution in [2.75, 3.05) is 7.11 Å². The SMILES string of the molecule is COc1ccc2c(COC(=O)c3oc4ccccc4c3CSC3CCCCC3)cc(=O)oc2c1. The molecule has 0 radical (unpaired) electrons. The summed E-state index contributed by atoms with van der Waals surface area (Å²) in [6, 6.07) is 14.2. The molecule has 6 nitrogen and oxygen atoms in total. The number of carbonyl (C=O) groups excluding carboxylic acids is 1. The number of esters is 1. The van der Waals surface area contributed by atoms with Crippen molar-refractivity contribution in [3.63, 3.8) is 0 Å². The summed E-state index contributed by atoms with van der Waals surface area (Å²) in [5, 5.41) is 2.24. The van der Waals surface area contributed by atoms with Crippen LogP contribution < -0.4 is 10.4 Å². The fourth-order valence-electron chi connectivity index (χ4n) is 4.51. The van der Waals surface area contributed by atoms with E-state index in [0.29, 0.717) is 38.9 Å². The third-order valence-electron chi connectivity index (χ3n) is 6.30. The zero-order valence-corrected chi connectivity index (χ0v) is 19.8. The van der Waals surface area contributed by atoms with Gasteiger partial charge in [-0.2, -0.15) is 11.8 Å². The van der Waals surface area contributed by atoms with E-state index in [1.165, 1.54) is 38.2 Å². The minimum absolute atomic E-state index is 0.0699. The number of fused-ring (bicyclic) bond motifs is 2. The van der Waals surface area contributed by atoms with Gasteiger partial charge in [-0.15, -0.1) is 0 Å². The lowest BCUT2D eigenvalue weighted by Crippen LogP contribution is -2.10. The lowest BCUT2D eigenvalue weighted by Gasteiger charge is -2.20. The number of carbonyl (C=O) groups is 1. The minimum Gasteiger partial charge on any atom is -0.497 e. The number of benzene rings is 2. The van der Waals surface area contributed by atoms with E-state index in [0.717, 1.165) is 10.9 Å². The first-order valence-corrected chi connectivity index (χ1v) is 12.6. The van der Waals surface area contributed by atoms with E-state index >= 15 is 0 Å². The van der Waals surface area contributed by atoms with Gasteiger partial charge in [0.15, 0.2) is 0 Å². The van der Waals surface area contributed by atoms with Crippen molar-refractivity contribution >= 4 is 39.7 Å². The first-order valence-electron chi connectivity index (χ1n) is 11.5.